The van der Waals surface area contributed by atoms with Crippen molar-refractivity contribution < 1.29 is 5.11 Å². The molecule has 4 nitrogen and oxygen atoms in total. The second kappa shape index (κ2) is 5.90. The first-order chi connectivity index (χ1) is 9.33. The molecule has 0 bridgehead atoms. The van der Waals surface area contributed by atoms with Gasteiger partial charge in [-0.2, -0.15) is 0 Å². The third-order valence-electron chi connectivity index (χ3n) is 4.22. The molecule has 0 amide bonds. The van der Waals surface area contributed by atoms with Crippen LogP contribution in [0.4, 0.5) is 5.69 Å². The molecule has 4 heteroatoms. The maximum atomic E-state index is 9.56. The molecule has 3 rings (SSSR count). The Hall–Kier alpha value is -1.10. The predicted molar refractivity (Wildman–Crippen MR) is 77.0 cm³/mol. The Morgan fingerprint density at radius 3 is 2.00 bits per heavy atom. The van der Waals surface area contributed by atoms with E-state index in [1.165, 1.54) is 5.69 Å². The molecular formula is C15H23N3O. The minimum atomic E-state index is -0.0816. The first-order valence-corrected chi connectivity index (χ1v) is 7.31. The van der Waals surface area contributed by atoms with Gasteiger partial charge >= 0.3 is 0 Å². The van der Waals surface area contributed by atoms with E-state index < -0.39 is 0 Å². The van der Waals surface area contributed by atoms with Crippen molar-refractivity contribution in [2.75, 3.05) is 44.2 Å². The van der Waals surface area contributed by atoms with Crippen molar-refractivity contribution >= 4 is 5.69 Å². The van der Waals surface area contributed by atoms with Gasteiger partial charge in [0.2, 0.25) is 0 Å². The van der Waals surface area contributed by atoms with Crippen LogP contribution in [0.25, 0.3) is 0 Å². The fourth-order valence-electron chi connectivity index (χ4n) is 3.01. The summed E-state index contributed by atoms with van der Waals surface area (Å²) in [6.07, 6.45) is 1.75. The summed E-state index contributed by atoms with van der Waals surface area (Å²) in [6.45, 7) is 6.36. The van der Waals surface area contributed by atoms with Crippen LogP contribution < -0.4 is 4.90 Å². The lowest BCUT2D eigenvalue weighted by molar-refractivity contribution is -0.0666. The third kappa shape index (κ3) is 3.08. The molecule has 0 aliphatic carbocycles. The Labute approximate surface area is 115 Å². The van der Waals surface area contributed by atoms with Crippen LogP contribution in [0.15, 0.2) is 30.3 Å². The van der Waals surface area contributed by atoms with Gasteiger partial charge in [0, 0.05) is 45.0 Å². The van der Waals surface area contributed by atoms with E-state index in [9.17, 15) is 5.11 Å². The monoisotopic (exact) mass is 261 g/mol. The number of rotatable bonds is 2. The second-order valence-corrected chi connectivity index (χ2v) is 5.46. The summed E-state index contributed by atoms with van der Waals surface area (Å²) in [5.41, 5.74) is 1.33. The highest BCUT2D eigenvalue weighted by atomic mass is 16.3. The molecule has 2 fully saturated rings. The Morgan fingerprint density at radius 1 is 0.789 bits per heavy atom. The van der Waals surface area contributed by atoms with Gasteiger partial charge in [-0.1, -0.05) is 18.2 Å². The van der Waals surface area contributed by atoms with Gasteiger partial charge in [0.25, 0.3) is 0 Å². The van der Waals surface area contributed by atoms with Gasteiger partial charge in [0.1, 0.15) is 0 Å². The SMILES string of the molecule is OC1CCN(N2CCN(c3ccccc3)CC2)CC1. The highest BCUT2D eigenvalue weighted by Crippen LogP contribution is 2.18. The number of nitrogens with zero attached hydrogens (tertiary/aromatic N) is 3. The van der Waals surface area contributed by atoms with Crippen molar-refractivity contribution in [2.24, 2.45) is 0 Å². The van der Waals surface area contributed by atoms with E-state index in [4.69, 9.17) is 0 Å². The summed E-state index contributed by atoms with van der Waals surface area (Å²) < 4.78 is 0. The largest absolute Gasteiger partial charge is 0.393 e. The van der Waals surface area contributed by atoms with E-state index >= 15 is 0 Å². The van der Waals surface area contributed by atoms with Crippen LogP contribution in [0.2, 0.25) is 0 Å². The van der Waals surface area contributed by atoms with Crippen LogP contribution in [0.5, 0.6) is 0 Å². The molecule has 2 heterocycles. The maximum Gasteiger partial charge on any atom is 0.0565 e. The summed E-state index contributed by atoms with van der Waals surface area (Å²) in [4.78, 5) is 2.45. The van der Waals surface area contributed by atoms with Crippen molar-refractivity contribution in [2.45, 2.75) is 18.9 Å². The highest BCUT2D eigenvalue weighted by Gasteiger charge is 2.25. The zero-order valence-corrected chi connectivity index (χ0v) is 11.4. The number of hydrogen-bond acceptors (Lipinski definition) is 4. The van der Waals surface area contributed by atoms with E-state index in [1.54, 1.807) is 0 Å². The smallest absolute Gasteiger partial charge is 0.0565 e. The molecule has 0 radical (unpaired) electrons. The predicted octanol–water partition coefficient (Wildman–Crippen LogP) is 1.18. The average molecular weight is 261 g/mol. The summed E-state index contributed by atoms with van der Waals surface area (Å²) in [5, 5.41) is 14.5. The zero-order chi connectivity index (χ0) is 13.1. The molecule has 1 aromatic carbocycles. The van der Waals surface area contributed by atoms with Crippen LogP contribution in [-0.4, -0.2) is 60.5 Å². The van der Waals surface area contributed by atoms with Gasteiger partial charge in [0.15, 0.2) is 0 Å². The number of piperazine rings is 1. The number of para-hydroxylation sites is 1. The number of piperidine rings is 1. The lowest BCUT2D eigenvalue weighted by atomic mass is 10.1. The molecule has 2 aliphatic rings. The van der Waals surface area contributed by atoms with Crippen molar-refractivity contribution in [3.63, 3.8) is 0 Å². The summed E-state index contributed by atoms with van der Waals surface area (Å²) >= 11 is 0. The number of hydrazine groups is 1. The molecular weight excluding hydrogens is 238 g/mol. The molecule has 0 atom stereocenters. The molecule has 2 saturated heterocycles. The number of benzene rings is 1. The van der Waals surface area contributed by atoms with Gasteiger partial charge in [0.05, 0.1) is 6.10 Å². The first-order valence-electron chi connectivity index (χ1n) is 7.31. The van der Waals surface area contributed by atoms with Crippen LogP contribution >= 0.6 is 0 Å². The molecule has 19 heavy (non-hydrogen) atoms. The number of hydrogen-bond donors (Lipinski definition) is 1. The maximum absolute atomic E-state index is 9.56. The molecule has 104 valence electrons. The molecule has 1 N–H and O–H groups in total. The van der Waals surface area contributed by atoms with Crippen LogP contribution in [0.3, 0.4) is 0 Å². The molecule has 2 aliphatic heterocycles. The Kier molecular flexibility index (Phi) is 4.01. The van der Waals surface area contributed by atoms with Gasteiger partial charge in [-0.3, -0.25) is 0 Å². The number of aliphatic hydroxyl groups is 1. The van der Waals surface area contributed by atoms with Gasteiger partial charge in [-0.25, -0.2) is 10.0 Å². The van der Waals surface area contributed by atoms with Crippen molar-refractivity contribution in [1.29, 1.82) is 0 Å². The summed E-state index contributed by atoms with van der Waals surface area (Å²) in [6, 6.07) is 10.7. The van der Waals surface area contributed by atoms with E-state index in [0.29, 0.717) is 0 Å². The number of aliphatic hydroxyl groups excluding tert-OH is 1. The third-order valence-corrected chi connectivity index (χ3v) is 4.22. The van der Waals surface area contributed by atoms with Crippen molar-refractivity contribution in [1.82, 2.24) is 10.0 Å². The van der Waals surface area contributed by atoms with E-state index in [-0.39, 0.29) is 6.10 Å². The van der Waals surface area contributed by atoms with Crippen LogP contribution in [0, 0.1) is 0 Å². The highest BCUT2D eigenvalue weighted by molar-refractivity contribution is 5.46. The van der Waals surface area contributed by atoms with Gasteiger partial charge in [-0.15, -0.1) is 0 Å². The molecule has 0 spiro atoms. The van der Waals surface area contributed by atoms with Crippen molar-refractivity contribution in [3.05, 3.63) is 30.3 Å². The molecule has 0 saturated carbocycles. The van der Waals surface area contributed by atoms with Gasteiger partial charge < -0.3 is 10.0 Å². The average Bonchev–Trinajstić information content (AvgIpc) is 2.49. The Balaban J connectivity index is 1.52. The minimum Gasteiger partial charge on any atom is -0.393 e. The summed E-state index contributed by atoms with van der Waals surface area (Å²) in [7, 11) is 0. The molecule has 1 aromatic rings. The topological polar surface area (TPSA) is 30.0 Å². The second-order valence-electron chi connectivity index (χ2n) is 5.46. The molecule has 0 unspecified atom stereocenters. The Morgan fingerprint density at radius 2 is 1.37 bits per heavy atom. The van der Waals surface area contributed by atoms with Crippen molar-refractivity contribution in [3.8, 4) is 0 Å². The van der Waals surface area contributed by atoms with Crippen LogP contribution in [-0.2, 0) is 0 Å². The molecule has 0 aromatic heterocycles. The van der Waals surface area contributed by atoms with E-state index in [1.807, 2.05) is 0 Å². The zero-order valence-electron chi connectivity index (χ0n) is 11.4. The lowest BCUT2D eigenvalue weighted by Gasteiger charge is -2.44. The summed E-state index contributed by atoms with van der Waals surface area (Å²) in [5.74, 6) is 0. The Bertz CT molecular complexity index is 382. The number of anilines is 1. The quantitative estimate of drug-likeness (QED) is 0.866. The minimum absolute atomic E-state index is 0.0816. The normalized spacial score (nSPS) is 23.7. The fraction of sp³-hybridized carbons (Fsp3) is 0.600. The van der Waals surface area contributed by atoms with Gasteiger partial charge in [-0.05, 0) is 25.0 Å². The first kappa shape index (κ1) is 12.9. The lowest BCUT2D eigenvalue weighted by Crippen LogP contribution is -2.56. The van der Waals surface area contributed by atoms with E-state index in [2.05, 4.69) is 45.2 Å². The van der Waals surface area contributed by atoms with Crippen LogP contribution in [0.1, 0.15) is 12.8 Å². The standard InChI is InChI=1S/C15H23N3O/c19-15-6-8-17(9-7-15)18-12-10-16(11-13-18)14-4-2-1-3-5-14/h1-5,15,19H,6-13H2. The van der Waals surface area contributed by atoms with E-state index in [0.717, 1.165) is 52.1 Å². The fourth-order valence-corrected chi connectivity index (χ4v) is 3.01.